The third-order valence-corrected chi connectivity index (χ3v) is 5.34. The maximum Gasteiger partial charge on any atom is 0.408 e. The topological polar surface area (TPSA) is 94.3 Å². The van der Waals surface area contributed by atoms with Gasteiger partial charge in [-0.2, -0.15) is 0 Å². The van der Waals surface area contributed by atoms with Crippen molar-refractivity contribution in [2.75, 3.05) is 0 Å². The van der Waals surface area contributed by atoms with E-state index in [1.54, 1.807) is 18.3 Å². The number of hydrogen-bond donors (Lipinski definition) is 1. The van der Waals surface area contributed by atoms with Gasteiger partial charge < -0.3 is 14.6 Å². The van der Waals surface area contributed by atoms with Crippen LogP contribution in [-0.2, 0) is 11.2 Å². The number of benzene rings is 2. The Bertz CT molecular complexity index is 1330. The number of aromatic nitrogens is 2. The van der Waals surface area contributed by atoms with Gasteiger partial charge in [-0.05, 0) is 62.2 Å². The van der Waals surface area contributed by atoms with Crippen molar-refractivity contribution < 1.29 is 18.8 Å². The van der Waals surface area contributed by atoms with Crippen LogP contribution in [0, 0.1) is 0 Å². The van der Waals surface area contributed by atoms with Crippen LogP contribution in [0.4, 0.5) is 4.79 Å². The van der Waals surface area contributed by atoms with Crippen LogP contribution in [0.5, 0.6) is 0 Å². The summed E-state index contributed by atoms with van der Waals surface area (Å²) in [5.41, 5.74) is 2.81. The van der Waals surface area contributed by atoms with Crippen molar-refractivity contribution in [3.8, 4) is 11.3 Å². The molecule has 0 unspecified atom stereocenters. The van der Waals surface area contributed by atoms with Crippen LogP contribution in [0.3, 0.4) is 0 Å². The summed E-state index contributed by atoms with van der Waals surface area (Å²) in [5, 5.41) is 7.26. The van der Waals surface area contributed by atoms with Gasteiger partial charge in [-0.3, -0.25) is 9.78 Å². The normalized spacial score (nSPS) is 12.4. The molecule has 1 amide bonds. The highest BCUT2D eigenvalue weighted by atomic mass is 35.5. The zero-order valence-electron chi connectivity index (χ0n) is 19.0. The van der Waals surface area contributed by atoms with Gasteiger partial charge >= 0.3 is 6.09 Å². The molecule has 0 aliphatic heterocycles. The minimum absolute atomic E-state index is 0.243. The van der Waals surface area contributed by atoms with Crippen LogP contribution in [0.2, 0.25) is 0 Å². The largest absolute Gasteiger partial charge is 0.444 e. The zero-order valence-corrected chi connectivity index (χ0v) is 19.8. The lowest BCUT2D eigenvalue weighted by Crippen LogP contribution is -2.36. The molecule has 4 rings (SSSR count). The van der Waals surface area contributed by atoms with Gasteiger partial charge in [0.15, 0.2) is 5.58 Å². The number of pyridine rings is 1. The minimum Gasteiger partial charge on any atom is -0.444 e. The van der Waals surface area contributed by atoms with E-state index in [1.807, 2.05) is 69.3 Å². The van der Waals surface area contributed by atoms with Crippen molar-refractivity contribution in [1.82, 2.24) is 15.5 Å². The second-order valence-corrected chi connectivity index (χ2v) is 9.14. The number of nitrogens with zero attached hydrogens (tertiary/aromatic N) is 2. The van der Waals surface area contributed by atoms with Crippen LogP contribution in [0.1, 0.15) is 48.4 Å². The van der Waals surface area contributed by atoms with E-state index in [4.69, 9.17) is 20.9 Å². The number of carbonyl (C=O) groups excluding carboxylic acids is 2. The molecule has 0 spiro atoms. The molecule has 0 aliphatic carbocycles. The van der Waals surface area contributed by atoms with Gasteiger partial charge in [-0.25, -0.2) is 4.79 Å². The maximum absolute atomic E-state index is 12.7. The van der Waals surface area contributed by atoms with Gasteiger partial charge in [0.2, 0.25) is 0 Å². The molecule has 0 saturated carbocycles. The predicted molar refractivity (Wildman–Crippen MR) is 130 cm³/mol. The van der Waals surface area contributed by atoms with E-state index in [-0.39, 0.29) is 5.56 Å². The summed E-state index contributed by atoms with van der Waals surface area (Å²) in [6.07, 6.45) is 1.60. The van der Waals surface area contributed by atoms with Crippen molar-refractivity contribution in [2.24, 2.45) is 0 Å². The first-order chi connectivity index (χ1) is 16.2. The summed E-state index contributed by atoms with van der Waals surface area (Å²) in [6.45, 7) is 5.43. The van der Waals surface area contributed by atoms with Gasteiger partial charge in [-0.15, -0.1) is 0 Å². The molecular formula is C26H24ClN3O4. The fourth-order valence-corrected chi connectivity index (χ4v) is 3.89. The second kappa shape index (κ2) is 9.65. The summed E-state index contributed by atoms with van der Waals surface area (Å²) in [6, 6.07) is 17.9. The zero-order chi connectivity index (χ0) is 24.3. The van der Waals surface area contributed by atoms with Crippen molar-refractivity contribution in [1.29, 1.82) is 0 Å². The lowest BCUT2D eigenvalue weighted by atomic mass is 9.93. The Morgan fingerprint density at radius 1 is 1.06 bits per heavy atom. The summed E-state index contributed by atoms with van der Waals surface area (Å²) in [7, 11) is 0. The highest BCUT2D eigenvalue weighted by molar-refractivity contribution is 6.68. The van der Waals surface area contributed by atoms with Crippen molar-refractivity contribution in [3.05, 3.63) is 83.7 Å². The van der Waals surface area contributed by atoms with E-state index in [0.717, 1.165) is 16.8 Å². The first-order valence-electron chi connectivity index (χ1n) is 10.8. The number of carbonyl (C=O) groups is 2. The molecule has 2 aromatic carbocycles. The van der Waals surface area contributed by atoms with Crippen LogP contribution in [-0.4, -0.2) is 27.1 Å². The number of fused-ring (bicyclic) bond motifs is 1. The maximum atomic E-state index is 12.7. The molecule has 0 fully saturated rings. The van der Waals surface area contributed by atoms with Gasteiger partial charge in [0, 0.05) is 23.9 Å². The molecule has 7 nitrogen and oxygen atoms in total. The van der Waals surface area contributed by atoms with Crippen LogP contribution < -0.4 is 5.32 Å². The first kappa shape index (κ1) is 23.4. The number of nitrogens with one attached hydrogen (secondary N) is 1. The molecule has 1 atom stereocenters. The molecule has 0 saturated heterocycles. The smallest absolute Gasteiger partial charge is 0.408 e. The minimum atomic E-state index is -0.647. The molecule has 0 radical (unpaired) electrons. The summed E-state index contributed by atoms with van der Waals surface area (Å²) in [4.78, 5) is 29.0. The number of para-hydroxylation sites is 1. The molecule has 174 valence electrons. The number of alkyl carbamates (subject to hydrolysis) is 1. The molecule has 2 aromatic heterocycles. The van der Waals surface area contributed by atoms with Crippen molar-refractivity contribution in [2.45, 2.75) is 38.8 Å². The van der Waals surface area contributed by atoms with E-state index < -0.39 is 23.0 Å². The fourth-order valence-electron chi connectivity index (χ4n) is 3.74. The molecule has 2 heterocycles. The van der Waals surface area contributed by atoms with Gasteiger partial charge in [0.1, 0.15) is 11.3 Å². The van der Waals surface area contributed by atoms with Gasteiger partial charge in [0.05, 0.1) is 17.0 Å². The van der Waals surface area contributed by atoms with Gasteiger partial charge in [-0.1, -0.05) is 41.6 Å². The van der Waals surface area contributed by atoms with Crippen LogP contribution in [0.25, 0.3) is 22.2 Å². The van der Waals surface area contributed by atoms with E-state index >= 15 is 0 Å². The third-order valence-electron chi connectivity index (χ3n) is 5.13. The molecule has 8 heteroatoms. The second-order valence-electron chi connectivity index (χ2n) is 8.80. The van der Waals surface area contributed by atoms with Gasteiger partial charge in [0.25, 0.3) is 5.24 Å². The van der Waals surface area contributed by atoms with Crippen molar-refractivity contribution in [3.63, 3.8) is 0 Å². The average molecular weight is 478 g/mol. The van der Waals surface area contributed by atoms with Crippen molar-refractivity contribution >= 4 is 33.9 Å². The number of amides is 1. The standard InChI is InChI=1S/C26H24ClN3O4/c1-26(2,3)33-25(32)29-21(15-16-9-6-7-14-28-16)17-10-4-5-11-18(17)22-19-12-8-13-20(24(27)31)23(19)34-30-22/h4-14,21H,15H2,1-3H3,(H,29,32)/t21-/m0/s1. The summed E-state index contributed by atoms with van der Waals surface area (Å²) >= 11 is 5.72. The summed E-state index contributed by atoms with van der Waals surface area (Å²) < 4.78 is 11.0. The Morgan fingerprint density at radius 3 is 2.53 bits per heavy atom. The van der Waals surface area contributed by atoms with E-state index in [1.165, 1.54) is 0 Å². The fraction of sp³-hybridized carbons (Fsp3) is 0.231. The van der Waals surface area contributed by atoms with E-state index in [0.29, 0.717) is 23.1 Å². The Balaban J connectivity index is 1.79. The van der Waals surface area contributed by atoms with Crippen LogP contribution >= 0.6 is 11.6 Å². The Kier molecular flexibility index (Phi) is 6.65. The number of halogens is 1. The summed E-state index contributed by atoms with van der Waals surface area (Å²) in [5.74, 6) is 0. The number of ether oxygens (including phenoxy) is 1. The van der Waals surface area contributed by atoms with E-state index in [9.17, 15) is 9.59 Å². The first-order valence-corrected chi connectivity index (χ1v) is 11.2. The Morgan fingerprint density at radius 2 is 1.82 bits per heavy atom. The molecule has 4 aromatic rings. The highest BCUT2D eigenvalue weighted by Gasteiger charge is 2.25. The highest BCUT2D eigenvalue weighted by Crippen LogP contribution is 2.35. The van der Waals surface area contributed by atoms with E-state index in [2.05, 4.69) is 15.5 Å². The third kappa shape index (κ3) is 5.26. The molecule has 0 bridgehead atoms. The lowest BCUT2D eigenvalue weighted by Gasteiger charge is -2.25. The Labute approximate surface area is 202 Å². The molecule has 0 aliphatic rings. The monoisotopic (exact) mass is 477 g/mol. The number of rotatable bonds is 6. The SMILES string of the molecule is CC(C)(C)OC(=O)N[C@@H](Cc1ccccn1)c1ccccc1-c1noc2c(C(=O)Cl)cccc12. The van der Waals surface area contributed by atoms with Crippen LogP contribution in [0.15, 0.2) is 71.4 Å². The molecule has 34 heavy (non-hydrogen) atoms. The Hall–Kier alpha value is -3.71. The quantitative estimate of drug-likeness (QED) is 0.338. The average Bonchev–Trinajstić information content (AvgIpc) is 3.22. The predicted octanol–water partition coefficient (Wildman–Crippen LogP) is 6.08. The molecule has 1 N–H and O–H groups in total. The lowest BCUT2D eigenvalue weighted by molar-refractivity contribution is 0.0503. The number of hydrogen-bond acceptors (Lipinski definition) is 6. The molecular weight excluding hydrogens is 454 g/mol.